The topological polar surface area (TPSA) is 26.0 Å². The Hall–Kier alpha value is -0.790. The molecule has 0 N–H and O–H groups in total. The summed E-state index contributed by atoms with van der Waals surface area (Å²) in [7, 11) is 0. The molecule has 0 bridgehead atoms. The molecule has 0 amide bonds. The Labute approximate surface area is 48.5 Å². The predicted octanol–water partition coefficient (Wildman–Crippen LogP) is 1.42. The minimum Gasteiger partial charge on any atom is -0.449 e. The van der Waals surface area contributed by atoms with Gasteiger partial charge in [0.2, 0.25) is 0 Å². The van der Waals surface area contributed by atoms with Crippen LogP contribution in [0.25, 0.3) is 0 Å². The minimum absolute atomic E-state index is 0.710. The number of hydrogen-bond donors (Lipinski definition) is 0. The van der Waals surface area contributed by atoms with Crippen LogP contribution >= 0.6 is 0 Å². The molecule has 1 rings (SSSR count). The first-order chi connectivity index (χ1) is 3.83. The highest BCUT2D eigenvalue weighted by molar-refractivity contribution is 4.98. The molecule has 0 atom stereocenters. The van der Waals surface area contributed by atoms with Crippen molar-refractivity contribution in [2.45, 2.75) is 13.3 Å². The van der Waals surface area contributed by atoms with Gasteiger partial charge in [-0.3, -0.25) is 0 Å². The van der Waals surface area contributed by atoms with Crippen LogP contribution in [0.1, 0.15) is 18.5 Å². The van der Waals surface area contributed by atoms with Crippen LogP contribution in [0.2, 0.25) is 0 Å². The van der Waals surface area contributed by atoms with E-state index >= 15 is 0 Å². The first kappa shape index (κ1) is 5.35. The molecule has 1 aromatic rings. The smallest absolute Gasteiger partial charge is 0.193 e. The van der Waals surface area contributed by atoms with Crippen LogP contribution in [0, 0.1) is 6.92 Å². The highest BCUT2D eigenvalue weighted by Gasteiger charge is 1.93. The van der Waals surface area contributed by atoms with Gasteiger partial charge in [0, 0.05) is 6.42 Å². The molecule has 2 heteroatoms. The van der Waals surface area contributed by atoms with Gasteiger partial charge in [-0.15, -0.1) is 0 Å². The molecule has 0 spiro atoms. The summed E-state index contributed by atoms with van der Waals surface area (Å²) < 4.78 is 4.94. The molecular weight excluding hydrogens is 102 g/mol. The molecule has 0 fully saturated rings. The Bertz CT molecular complexity index is 169. The highest BCUT2D eigenvalue weighted by atomic mass is 16.3. The first-order valence-electron chi connectivity index (χ1n) is 2.59. The average molecular weight is 110 g/mol. The number of oxazole rings is 1. The summed E-state index contributed by atoms with van der Waals surface area (Å²) in [5.74, 6) is 0.759. The number of hydrogen-bond acceptors (Lipinski definition) is 2. The standard InChI is InChI=1S/C6H8NO/c1-3-6-7-5(2)4-8-6/h4H,2-3H2,1H3. The van der Waals surface area contributed by atoms with Gasteiger partial charge in [-0.2, -0.15) is 0 Å². The van der Waals surface area contributed by atoms with Crippen LogP contribution in [-0.2, 0) is 6.42 Å². The van der Waals surface area contributed by atoms with Crippen LogP contribution in [0.5, 0.6) is 0 Å². The summed E-state index contributed by atoms with van der Waals surface area (Å²) in [4.78, 5) is 3.95. The highest BCUT2D eigenvalue weighted by Crippen LogP contribution is 1.98. The number of rotatable bonds is 1. The molecule has 1 radical (unpaired) electrons. The average Bonchev–Trinajstić information content (AvgIpc) is 2.14. The fraction of sp³-hybridized carbons (Fsp3) is 0.333. The van der Waals surface area contributed by atoms with E-state index in [4.69, 9.17) is 4.42 Å². The number of nitrogens with zero attached hydrogens (tertiary/aromatic N) is 1. The van der Waals surface area contributed by atoms with Crippen molar-refractivity contribution in [2.75, 3.05) is 0 Å². The van der Waals surface area contributed by atoms with E-state index in [1.165, 1.54) is 0 Å². The second-order valence-electron chi connectivity index (χ2n) is 1.59. The van der Waals surface area contributed by atoms with Gasteiger partial charge < -0.3 is 4.42 Å². The molecule has 0 saturated heterocycles. The minimum atomic E-state index is 0.710. The summed E-state index contributed by atoms with van der Waals surface area (Å²) >= 11 is 0. The molecular formula is C6H8NO. The lowest BCUT2D eigenvalue weighted by Gasteiger charge is -1.78. The zero-order valence-corrected chi connectivity index (χ0v) is 4.85. The van der Waals surface area contributed by atoms with Crippen molar-refractivity contribution in [3.05, 3.63) is 24.8 Å². The van der Waals surface area contributed by atoms with Crippen molar-refractivity contribution in [1.82, 2.24) is 4.98 Å². The third-order valence-electron chi connectivity index (χ3n) is 0.902. The second-order valence-corrected chi connectivity index (χ2v) is 1.59. The SMILES string of the molecule is [CH2]c1coc(CC)n1. The van der Waals surface area contributed by atoms with Crippen molar-refractivity contribution in [1.29, 1.82) is 0 Å². The van der Waals surface area contributed by atoms with E-state index in [1.54, 1.807) is 6.26 Å². The van der Waals surface area contributed by atoms with E-state index in [-0.39, 0.29) is 0 Å². The molecule has 1 heterocycles. The van der Waals surface area contributed by atoms with E-state index in [2.05, 4.69) is 11.9 Å². The normalized spacial score (nSPS) is 9.75. The zero-order chi connectivity index (χ0) is 5.98. The van der Waals surface area contributed by atoms with E-state index in [0.717, 1.165) is 12.3 Å². The lowest BCUT2D eigenvalue weighted by atomic mass is 10.5. The van der Waals surface area contributed by atoms with Crippen molar-refractivity contribution >= 4 is 0 Å². The van der Waals surface area contributed by atoms with Gasteiger partial charge in [-0.25, -0.2) is 4.98 Å². The summed E-state index contributed by atoms with van der Waals surface area (Å²) in [5.41, 5.74) is 0.710. The van der Waals surface area contributed by atoms with Crippen LogP contribution in [0.15, 0.2) is 10.7 Å². The largest absolute Gasteiger partial charge is 0.449 e. The summed E-state index contributed by atoms with van der Waals surface area (Å²) in [6.45, 7) is 5.58. The van der Waals surface area contributed by atoms with Crippen molar-refractivity contribution in [3.8, 4) is 0 Å². The van der Waals surface area contributed by atoms with Gasteiger partial charge in [0.1, 0.15) is 6.26 Å². The summed E-state index contributed by atoms with van der Waals surface area (Å²) in [5, 5.41) is 0. The molecule has 2 nitrogen and oxygen atoms in total. The van der Waals surface area contributed by atoms with Crippen LogP contribution in [0.3, 0.4) is 0 Å². The molecule has 43 valence electrons. The monoisotopic (exact) mass is 110 g/mol. The Kier molecular flexibility index (Phi) is 1.33. The molecule has 0 aromatic carbocycles. The maximum absolute atomic E-state index is 4.94. The van der Waals surface area contributed by atoms with E-state index in [0.29, 0.717) is 5.69 Å². The summed E-state index contributed by atoms with van der Waals surface area (Å²) in [6.07, 6.45) is 2.40. The van der Waals surface area contributed by atoms with E-state index in [9.17, 15) is 0 Å². The number of aromatic nitrogens is 1. The summed E-state index contributed by atoms with van der Waals surface area (Å²) in [6, 6.07) is 0. The van der Waals surface area contributed by atoms with Crippen LogP contribution in [-0.4, -0.2) is 4.98 Å². The van der Waals surface area contributed by atoms with Crippen LogP contribution in [0.4, 0.5) is 0 Å². The lowest BCUT2D eigenvalue weighted by Crippen LogP contribution is -1.76. The van der Waals surface area contributed by atoms with E-state index in [1.807, 2.05) is 6.92 Å². The Morgan fingerprint density at radius 3 is 2.88 bits per heavy atom. The number of aryl methyl sites for hydroxylation is 1. The molecule has 8 heavy (non-hydrogen) atoms. The quantitative estimate of drug-likeness (QED) is 0.546. The molecule has 0 saturated carbocycles. The second kappa shape index (κ2) is 1.99. The van der Waals surface area contributed by atoms with Crippen molar-refractivity contribution in [2.24, 2.45) is 0 Å². The first-order valence-corrected chi connectivity index (χ1v) is 2.59. The fourth-order valence-electron chi connectivity index (χ4n) is 0.511. The maximum atomic E-state index is 4.94. The molecule has 0 unspecified atom stereocenters. The Morgan fingerprint density at radius 1 is 1.88 bits per heavy atom. The molecule has 0 aliphatic carbocycles. The van der Waals surface area contributed by atoms with Gasteiger partial charge in [0.25, 0.3) is 0 Å². The fourth-order valence-corrected chi connectivity index (χ4v) is 0.511. The molecule has 0 aliphatic heterocycles. The third kappa shape index (κ3) is 0.886. The van der Waals surface area contributed by atoms with Gasteiger partial charge in [0.15, 0.2) is 5.89 Å². The Morgan fingerprint density at radius 2 is 2.62 bits per heavy atom. The van der Waals surface area contributed by atoms with Gasteiger partial charge in [0.05, 0.1) is 5.69 Å². The molecule has 1 aromatic heterocycles. The van der Waals surface area contributed by atoms with E-state index < -0.39 is 0 Å². The van der Waals surface area contributed by atoms with Crippen LogP contribution < -0.4 is 0 Å². The third-order valence-corrected chi connectivity index (χ3v) is 0.902. The predicted molar refractivity (Wildman–Crippen MR) is 30.3 cm³/mol. The van der Waals surface area contributed by atoms with Gasteiger partial charge in [-0.05, 0) is 6.92 Å². The zero-order valence-electron chi connectivity index (χ0n) is 4.85. The lowest BCUT2D eigenvalue weighted by molar-refractivity contribution is 0.501. The molecule has 0 aliphatic rings. The maximum Gasteiger partial charge on any atom is 0.193 e. The Balaban J connectivity index is 2.84. The van der Waals surface area contributed by atoms with Crippen molar-refractivity contribution < 1.29 is 4.42 Å². The van der Waals surface area contributed by atoms with Crippen molar-refractivity contribution in [3.63, 3.8) is 0 Å². The van der Waals surface area contributed by atoms with Gasteiger partial charge >= 0.3 is 0 Å². The van der Waals surface area contributed by atoms with Gasteiger partial charge in [-0.1, -0.05) is 6.92 Å².